The third kappa shape index (κ3) is 3.62. The number of hydrogen-bond acceptors (Lipinski definition) is 4. The lowest BCUT2D eigenvalue weighted by atomic mass is 9.87. The summed E-state index contributed by atoms with van der Waals surface area (Å²) >= 11 is 0. The molecule has 1 unspecified atom stereocenters. The van der Waals surface area contributed by atoms with Crippen LogP contribution in [-0.2, 0) is 4.79 Å². The van der Waals surface area contributed by atoms with Crippen LogP contribution in [0.3, 0.4) is 0 Å². The molecule has 0 fully saturated rings. The van der Waals surface area contributed by atoms with Crippen LogP contribution in [0.4, 0.5) is 5.82 Å². The van der Waals surface area contributed by atoms with Crippen LogP contribution in [0.5, 0.6) is 11.5 Å². The van der Waals surface area contributed by atoms with Crippen LogP contribution in [-0.4, -0.2) is 29.4 Å². The summed E-state index contributed by atoms with van der Waals surface area (Å²) in [4.78, 5) is 12.6. The molecule has 0 saturated heterocycles. The summed E-state index contributed by atoms with van der Waals surface area (Å²) in [5.74, 6) is 4.12. The second-order valence-corrected chi connectivity index (χ2v) is 7.41. The Hall–Kier alpha value is -3.72. The zero-order valence-electron chi connectivity index (χ0n) is 17.2. The first-order valence-electron chi connectivity index (χ1n) is 9.70. The van der Waals surface area contributed by atoms with Gasteiger partial charge in [0.15, 0.2) is 11.5 Å². The van der Waals surface area contributed by atoms with Gasteiger partial charge in [-0.25, -0.2) is 4.68 Å². The van der Waals surface area contributed by atoms with Gasteiger partial charge < -0.3 is 14.8 Å². The Kier molecular flexibility index (Phi) is 5.20. The number of benzene rings is 2. The first-order valence-corrected chi connectivity index (χ1v) is 9.70. The van der Waals surface area contributed by atoms with E-state index >= 15 is 0 Å². The first kappa shape index (κ1) is 19.6. The van der Waals surface area contributed by atoms with E-state index in [9.17, 15) is 4.79 Å². The molecule has 0 bridgehead atoms. The monoisotopic (exact) mass is 401 g/mol. The third-order valence-corrected chi connectivity index (χ3v) is 5.17. The quantitative estimate of drug-likeness (QED) is 0.657. The average molecular weight is 401 g/mol. The van der Waals surface area contributed by atoms with E-state index in [0.29, 0.717) is 23.7 Å². The number of nitrogens with zero attached hydrogens (tertiary/aromatic N) is 2. The molecular weight excluding hydrogens is 378 g/mol. The Bertz CT molecular complexity index is 1140. The highest BCUT2D eigenvalue weighted by molar-refractivity contribution is 5.94. The van der Waals surface area contributed by atoms with Gasteiger partial charge in [-0.1, -0.05) is 18.1 Å². The molecule has 6 nitrogen and oxygen atoms in total. The second kappa shape index (κ2) is 7.96. The maximum Gasteiger partial charge on any atom is 0.226 e. The highest BCUT2D eigenvalue weighted by Crippen LogP contribution is 2.40. The van der Waals surface area contributed by atoms with Crippen molar-refractivity contribution < 1.29 is 14.3 Å². The normalized spacial score (nSPS) is 15.1. The van der Waals surface area contributed by atoms with Crippen molar-refractivity contribution in [3.63, 3.8) is 0 Å². The van der Waals surface area contributed by atoms with Crippen LogP contribution in [0.1, 0.15) is 34.6 Å². The van der Waals surface area contributed by atoms with E-state index in [-0.39, 0.29) is 18.4 Å². The molecule has 1 amide bonds. The standard InChI is InChI=1S/C24H23N3O3/c1-5-8-30-21-7-6-17(12-22(21)29-4)19-13-23(28)26-24-20(19)14-25-27(24)18-10-15(2)9-16(3)11-18/h1,6-7,9-12,14,19H,8,13H2,2-4H3,(H,26,28). The lowest BCUT2D eigenvalue weighted by Gasteiger charge is -2.24. The van der Waals surface area contributed by atoms with Gasteiger partial charge in [-0.05, 0) is 54.8 Å². The molecule has 2 heterocycles. The number of rotatable bonds is 5. The van der Waals surface area contributed by atoms with Crippen molar-refractivity contribution in [2.24, 2.45) is 0 Å². The zero-order chi connectivity index (χ0) is 21.3. The number of nitrogens with one attached hydrogen (secondary N) is 1. The van der Waals surface area contributed by atoms with Gasteiger partial charge >= 0.3 is 0 Å². The lowest BCUT2D eigenvalue weighted by molar-refractivity contribution is -0.116. The van der Waals surface area contributed by atoms with Gasteiger partial charge in [-0.3, -0.25) is 4.79 Å². The number of carbonyl (C=O) groups excluding carboxylic acids is 1. The maximum atomic E-state index is 12.6. The number of anilines is 1. The number of aryl methyl sites for hydroxylation is 2. The Labute approximate surface area is 175 Å². The number of fused-ring (bicyclic) bond motifs is 1. The molecule has 0 aliphatic carbocycles. The Morgan fingerprint density at radius 2 is 1.97 bits per heavy atom. The SMILES string of the molecule is C#CCOc1ccc(C2CC(=O)Nc3c2cnn3-c2cc(C)cc(C)c2)cc1OC. The predicted molar refractivity (Wildman–Crippen MR) is 115 cm³/mol. The lowest BCUT2D eigenvalue weighted by Crippen LogP contribution is -2.24. The van der Waals surface area contributed by atoms with E-state index in [2.05, 4.69) is 34.5 Å². The summed E-state index contributed by atoms with van der Waals surface area (Å²) in [6.07, 6.45) is 7.44. The minimum atomic E-state index is -0.135. The highest BCUT2D eigenvalue weighted by atomic mass is 16.5. The van der Waals surface area contributed by atoms with Crippen LogP contribution in [0.25, 0.3) is 5.69 Å². The number of hydrogen-bond donors (Lipinski definition) is 1. The van der Waals surface area contributed by atoms with Crippen molar-refractivity contribution in [3.8, 4) is 29.5 Å². The van der Waals surface area contributed by atoms with Crippen LogP contribution in [0.2, 0.25) is 0 Å². The minimum absolute atomic E-state index is 0.0507. The van der Waals surface area contributed by atoms with E-state index in [1.807, 2.05) is 38.2 Å². The molecule has 4 rings (SSSR count). The minimum Gasteiger partial charge on any atom is -0.493 e. The summed E-state index contributed by atoms with van der Waals surface area (Å²) in [6, 6.07) is 11.9. The van der Waals surface area contributed by atoms with Gasteiger partial charge in [-0.15, -0.1) is 6.42 Å². The largest absolute Gasteiger partial charge is 0.493 e. The predicted octanol–water partition coefficient (Wildman–Crippen LogP) is 3.98. The molecule has 1 N–H and O–H groups in total. The summed E-state index contributed by atoms with van der Waals surface area (Å²) in [5.41, 5.74) is 5.12. The Balaban J connectivity index is 1.76. The first-order chi connectivity index (χ1) is 14.5. The van der Waals surface area contributed by atoms with E-state index in [0.717, 1.165) is 27.9 Å². The van der Waals surface area contributed by atoms with E-state index in [1.54, 1.807) is 11.8 Å². The van der Waals surface area contributed by atoms with E-state index < -0.39 is 0 Å². The van der Waals surface area contributed by atoms with Gasteiger partial charge in [0.25, 0.3) is 0 Å². The summed E-state index contributed by atoms with van der Waals surface area (Å²) < 4.78 is 12.8. The number of terminal acetylenes is 1. The number of amides is 1. The topological polar surface area (TPSA) is 65.4 Å². The molecule has 1 atom stereocenters. The van der Waals surface area contributed by atoms with E-state index in [4.69, 9.17) is 15.9 Å². The fourth-order valence-corrected chi connectivity index (χ4v) is 3.93. The molecule has 1 aromatic heterocycles. The molecule has 0 saturated carbocycles. The second-order valence-electron chi connectivity index (χ2n) is 7.41. The maximum absolute atomic E-state index is 12.6. The van der Waals surface area contributed by atoms with Gasteiger partial charge in [-0.2, -0.15) is 5.10 Å². The zero-order valence-corrected chi connectivity index (χ0v) is 17.2. The molecule has 6 heteroatoms. The fourth-order valence-electron chi connectivity index (χ4n) is 3.93. The molecule has 152 valence electrons. The van der Waals surface area contributed by atoms with Crippen molar-refractivity contribution in [2.45, 2.75) is 26.2 Å². The number of carbonyl (C=O) groups is 1. The van der Waals surface area contributed by atoms with Crippen LogP contribution in [0.15, 0.2) is 42.6 Å². The van der Waals surface area contributed by atoms with E-state index in [1.165, 1.54) is 0 Å². The molecule has 2 aromatic carbocycles. The number of ether oxygens (including phenoxy) is 2. The van der Waals surface area contributed by atoms with Crippen molar-refractivity contribution >= 4 is 11.7 Å². The molecule has 0 spiro atoms. The Morgan fingerprint density at radius 1 is 1.20 bits per heavy atom. The molecule has 1 aliphatic rings. The molecule has 30 heavy (non-hydrogen) atoms. The van der Waals surface area contributed by atoms with Crippen molar-refractivity contribution in [1.82, 2.24) is 9.78 Å². The number of aromatic nitrogens is 2. The van der Waals surface area contributed by atoms with Crippen molar-refractivity contribution in [1.29, 1.82) is 0 Å². The van der Waals surface area contributed by atoms with Crippen LogP contribution < -0.4 is 14.8 Å². The third-order valence-electron chi connectivity index (χ3n) is 5.17. The van der Waals surface area contributed by atoms with Crippen LogP contribution >= 0.6 is 0 Å². The van der Waals surface area contributed by atoms with Crippen molar-refractivity contribution in [2.75, 3.05) is 19.0 Å². The molecule has 0 radical (unpaired) electrons. The van der Waals surface area contributed by atoms with Gasteiger partial charge in [0.2, 0.25) is 5.91 Å². The Morgan fingerprint density at radius 3 is 2.67 bits per heavy atom. The van der Waals surface area contributed by atoms with Gasteiger partial charge in [0.1, 0.15) is 12.4 Å². The fraction of sp³-hybridized carbons (Fsp3) is 0.250. The molecular formula is C24H23N3O3. The molecule has 1 aliphatic heterocycles. The van der Waals surface area contributed by atoms with Crippen molar-refractivity contribution in [3.05, 3.63) is 64.8 Å². The summed E-state index contributed by atoms with van der Waals surface area (Å²) in [5, 5.41) is 7.58. The smallest absolute Gasteiger partial charge is 0.226 e. The van der Waals surface area contributed by atoms with Gasteiger partial charge in [0.05, 0.1) is 19.0 Å². The average Bonchev–Trinajstić information content (AvgIpc) is 3.14. The highest BCUT2D eigenvalue weighted by Gasteiger charge is 2.31. The van der Waals surface area contributed by atoms with Gasteiger partial charge in [0, 0.05) is 17.9 Å². The summed E-state index contributed by atoms with van der Waals surface area (Å²) in [6.45, 7) is 4.25. The molecule has 3 aromatic rings. The number of methoxy groups -OCH3 is 1. The van der Waals surface area contributed by atoms with Crippen LogP contribution in [0, 0.1) is 26.2 Å². The summed E-state index contributed by atoms with van der Waals surface area (Å²) in [7, 11) is 1.58.